The first-order chi connectivity index (χ1) is 18.8. The fourth-order valence-electron chi connectivity index (χ4n) is 6.31. The van der Waals surface area contributed by atoms with Crippen LogP contribution in [0.4, 0.5) is 8.78 Å². The molecule has 2 saturated carbocycles. The number of imidazole rings is 1. The van der Waals surface area contributed by atoms with Crippen LogP contribution in [-0.4, -0.2) is 48.7 Å². The highest BCUT2D eigenvalue weighted by Gasteiger charge is 2.40. The number of nitrogens with one attached hydrogen (secondary N) is 2. The molecule has 3 fully saturated rings. The minimum Gasteiger partial charge on any atom is -0.356 e. The number of piperidine rings is 1. The van der Waals surface area contributed by atoms with Crippen LogP contribution in [0, 0.1) is 23.7 Å². The van der Waals surface area contributed by atoms with E-state index in [1.807, 2.05) is 19.1 Å². The van der Waals surface area contributed by atoms with Gasteiger partial charge in [0.15, 0.2) is 5.65 Å². The zero-order valence-electron chi connectivity index (χ0n) is 22.2. The number of alkyl halides is 2. The standard InChI is InChI=1S/C28H35F2N7O2/c1-2-36-23(9-12-32-36)27(39)34-25(18-7-10-28(29,30)11-8-18)22-16-37-24(33-22)6-5-21(35-37)14-19-13-20(17-3-4-17)15-31-26(19)38/h5-6,9,12,16-20,25H,2-4,7-8,10-11,13-15H2,1H3,(H,31,38)(H,34,39)/t19?,20?,25-/m0/s1. The van der Waals surface area contributed by atoms with Gasteiger partial charge in [-0.25, -0.2) is 18.3 Å². The molecule has 1 aliphatic heterocycles. The topological polar surface area (TPSA) is 106 Å². The second-order valence-corrected chi connectivity index (χ2v) is 11.4. The second-order valence-electron chi connectivity index (χ2n) is 11.4. The van der Waals surface area contributed by atoms with E-state index in [0.29, 0.717) is 35.9 Å². The highest BCUT2D eigenvalue weighted by molar-refractivity contribution is 5.92. The van der Waals surface area contributed by atoms with Crippen LogP contribution in [-0.2, 0) is 17.8 Å². The van der Waals surface area contributed by atoms with Crippen molar-refractivity contribution in [2.45, 2.75) is 76.8 Å². The smallest absolute Gasteiger partial charge is 0.270 e. The van der Waals surface area contributed by atoms with E-state index in [2.05, 4.69) is 15.7 Å². The van der Waals surface area contributed by atoms with Gasteiger partial charge in [-0.1, -0.05) is 0 Å². The Morgan fingerprint density at radius 1 is 1.18 bits per heavy atom. The molecule has 0 bridgehead atoms. The lowest BCUT2D eigenvalue weighted by atomic mass is 9.81. The zero-order valence-corrected chi connectivity index (χ0v) is 22.2. The number of hydrogen-bond donors (Lipinski definition) is 2. The summed E-state index contributed by atoms with van der Waals surface area (Å²) in [5, 5.41) is 15.1. The Hall–Kier alpha value is -3.37. The minimum atomic E-state index is -2.68. The molecule has 39 heavy (non-hydrogen) atoms. The molecule has 1 saturated heterocycles. The SMILES string of the molecule is CCn1nccc1C(=O)N[C@H](c1cn2nc(CC3CC(C4CC4)CNC3=O)ccc2n1)C1CCC(F)(F)CC1. The highest BCUT2D eigenvalue weighted by atomic mass is 19.3. The molecule has 0 spiro atoms. The number of amides is 2. The molecule has 3 aromatic rings. The molecule has 3 aromatic heterocycles. The number of aryl methyl sites for hydroxylation is 1. The first-order valence-electron chi connectivity index (χ1n) is 14.1. The van der Waals surface area contributed by atoms with Crippen molar-refractivity contribution in [3.63, 3.8) is 0 Å². The first-order valence-corrected chi connectivity index (χ1v) is 14.1. The lowest BCUT2D eigenvalue weighted by molar-refractivity contribution is -0.127. The summed E-state index contributed by atoms with van der Waals surface area (Å²) in [5.74, 6) is -1.89. The average Bonchev–Trinajstić information content (AvgIpc) is 3.50. The van der Waals surface area contributed by atoms with Gasteiger partial charge >= 0.3 is 0 Å². The van der Waals surface area contributed by atoms with Crippen molar-refractivity contribution in [3.8, 4) is 0 Å². The highest BCUT2D eigenvalue weighted by Crippen LogP contribution is 2.42. The molecule has 2 amide bonds. The van der Waals surface area contributed by atoms with Crippen LogP contribution in [0.1, 0.15) is 79.8 Å². The first kappa shape index (κ1) is 25.9. The molecule has 11 heteroatoms. The lowest BCUT2D eigenvalue weighted by Crippen LogP contribution is -2.43. The zero-order chi connectivity index (χ0) is 27.1. The summed E-state index contributed by atoms with van der Waals surface area (Å²) < 4.78 is 31.2. The molecule has 0 aromatic carbocycles. The van der Waals surface area contributed by atoms with Gasteiger partial charge in [0, 0.05) is 44.5 Å². The molecule has 3 atom stereocenters. The van der Waals surface area contributed by atoms with Gasteiger partial charge in [-0.05, 0) is 75.0 Å². The third kappa shape index (κ3) is 5.53. The van der Waals surface area contributed by atoms with E-state index in [4.69, 9.17) is 10.1 Å². The third-order valence-corrected chi connectivity index (χ3v) is 8.72. The summed E-state index contributed by atoms with van der Waals surface area (Å²) in [4.78, 5) is 30.5. The summed E-state index contributed by atoms with van der Waals surface area (Å²) in [6.45, 7) is 3.22. The monoisotopic (exact) mass is 539 g/mol. The summed E-state index contributed by atoms with van der Waals surface area (Å²) in [6.07, 6.45) is 7.46. The van der Waals surface area contributed by atoms with Gasteiger partial charge in [-0.2, -0.15) is 10.2 Å². The van der Waals surface area contributed by atoms with Crippen LogP contribution >= 0.6 is 0 Å². The predicted molar refractivity (Wildman–Crippen MR) is 139 cm³/mol. The number of carbonyl (C=O) groups excluding carboxylic acids is 2. The maximum absolute atomic E-state index is 14.0. The maximum atomic E-state index is 14.0. The number of rotatable bonds is 8. The number of aromatic nitrogens is 5. The lowest BCUT2D eigenvalue weighted by Gasteiger charge is -2.33. The molecule has 208 valence electrons. The van der Waals surface area contributed by atoms with E-state index < -0.39 is 12.0 Å². The van der Waals surface area contributed by atoms with Crippen molar-refractivity contribution in [2.24, 2.45) is 23.7 Å². The predicted octanol–water partition coefficient (Wildman–Crippen LogP) is 3.95. The molecular weight excluding hydrogens is 504 g/mol. The van der Waals surface area contributed by atoms with Gasteiger partial charge in [0.05, 0.1) is 23.6 Å². The number of fused-ring (bicyclic) bond motifs is 1. The second kappa shape index (κ2) is 10.3. The van der Waals surface area contributed by atoms with Gasteiger partial charge in [0.1, 0.15) is 5.69 Å². The Morgan fingerprint density at radius 2 is 1.97 bits per heavy atom. The fourth-order valence-corrected chi connectivity index (χ4v) is 6.31. The van der Waals surface area contributed by atoms with Gasteiger partial charge in [0.2, 0.25) is 11.8 Å². The molecule has 9 nitrogen and oxygen atoms in total. The summed E-state index contributed by atoms with van der Waals surface area (Å²) >= 11 is 0. The van der Waals surface area contributed by atoms with Crippen LogP contribution < -0.4 is 10.6 Å². The van der Waals surface area contributed by atoms with Crippen molar-refractivity contribution in [2.75, 3.05) is 6.54 Å². The fraction of sp³-hybridized carbons (Fsp3) is 0.607. The van der Waals surface area contributed by atoms with E-state index in [1.54, 1.807) is 27.7 Å². The number of carbonyl (C=O) groups is 2. The molecule has 6 rings (SSSR count). The Morgan fingerprint density at radius 3 is 2.72 bits per heavy atom. The molecule has 2 aliphatic carbocycles. The number of nitrogens with zero attached hydrogens (tertiary/aromatic N) is 5. The van der Waals surface area contributed by atoms with Crippen molar-refractivity contribution >= 4 is 17.5 Å². The molecule has 3 aliphatic rings. The Balaban J connectivity index is 1.24. The van der Waals surface area contributed by atoms with E-state index >= 15 is 0 Å². The Bertz CT molecular complexity index is 1350. The van der Waals surface area contributed by atoms with Crippen molar-refractivity contribution in [1.82, 2.24) is 35.0 Å². The number of hydrogen-bond acceptors (Lipinski definition) is 5. The van der Waals surface area contributed by atoms with Gasteiger partial charge in [-0.3, -0.25) is 14.3 Å². The molecule has 0 radical (unpaired) electrons. The molecule has 2 N–H and O–H groups in total. The molecular formula is C28H35F2N7O2. The maximum Gasteiger partial charge on any atom is 0.270 e. The molecule has 2 unspecified atom stereocenters. The third-order valence-electron chi connectivity index (χ3n) is 8.72. The summed E-state index contributed by atoms with van der Waals surface area (Å²) in [6, 6.07) is 4.87. The van der Waals surface area contributed by atoms with Crippen molar-refractivity contribution < 1.29 is 18.4 Å². The Kier molecular flexibility index (Phi) is 6.84. The average molecular weight is 540 g/mol. The largest absolute Gasteiger partial charge is 0.356 e. The molecule has 4 heterocycles. The Labute approximate surface area is 225 Å². The van der Waals surface area contributed by atoms with Gasteiger partial charge < -0.3 is 10.6 Å². The van der Waals surface area contributed by atoms with E-state index in [-0.39, 0.29) is 49.3 Å². The quantitative estimate of drug-likeness (QED) is 0.451. The van der Waals surface area contributed by atoms with E-state index in [1.165, 1.54) is 12.8 Å². The van der Waals surface area contributed by atoms with Crippen LogP contribution in [0.5, 0.6) is 0 Å². The van der Waals surface area contributed by atoms with Gasteiger partial charge in [-0.15, -0.1) is 0 Å². The van der Waals surface area contributed by atoms with Crippen LogP contribution in [0.25, 0.3) is 5.65 Å². The number of halogens is 2. The van der Waals surface area contributed by atoms with Crippen LogP contribution in [0.15, 0.2) is 30.6 Å². The normalized spacial score (nSPS) is 24.4. The summed E-state index contributed by atoms with van der Waals surface area (Å²) in [7, 11) is 0. The minimum absolute atomic E-state index is 0.0864. The van der Waals surface area contributed by atoms with E-state index in [9.17, 15) is 18.4 Å². The van der Waals surface area contributed by atoms with Crippen LogP contribution in [0.2, 0.25) is 0 Å². The van der Waals surface area contributed by atoms with Crippen molar-refractivity contribution in [1.29, 1.82) is 0 Å². The van der Waals surface area contributed by atoms with Gasteiger partial charge in [0.25, 0.3) is 5.91 Å². The van der Waals surface area contributed by atoms with Crippen molar-refractivity contribution in [3.05, 3.63) is 47.7 Å². The van der Waals surface area contributed by atoms with E-state index in [0.717, 1.165) is 24.6 Å². The summed E-state index contributed by atoms with van der Waals surface area (Å²) in [5.41, 5.74) is 2.42. The van der Waals surface area contributed by atoms with Crippen LogP contribution in [0.3, 0.4) is 0 Å².